The van der Waals surface area contributed by atoms with Gasteiger partial charge in [0.05, 0.1) is 0 Å². The van der Waals surface area contributed by atoms with Crippen LogP contribution in [-0.2, 0) is 0 Å². The molecule has 3 N–H and O–H groups in total. The molecule has 4 heteroatoms. The van der Waals surface area contributed by atoms with Crippen molar-refractivity contribution in [2.75, 3.05) is 12.4 Å². The van der Waals surface area contributed by atoms with E-state index in [-0.39, 0.29) is 12.4 Å². The van der Waals surface area contributed by atoms with E-state index < -0.39 is 5.91 Å². The van der Waals surface area contributed by atoms with Crippen LogP contribution < -0.4 is 11.1 Å². The van der Waals surface area contributed by atoms with Gasteiger partial charge in [-0.05, 0) is 18.2 Å². The van der Waals surface area contributed by atoms with Crippen LogP contribution >= 0.6 is 12.4 Å². The number of nitrogens with two attached hydrogens (primary N) is 1. The van der Waals surface area contributed by atoms with Crippen molar-refractivity contribution in [2.45, 2.75) is 0 Å². The van der Waals surface area contributed by atoms with Gasteiger partial charge in [-0.2, -0.15) is 0 Å². The van der Waals surface area contributed by atoms with Crippen molar-refractivity contribution in [3.8, 4) is 0 Å². The number of halogens is 1. The van der Waals surface area contributed by atoms with E-state index >= 15 is 0 Å². The number of benzene rings is 1. The van der Waals surface area contributed by atoms with E-state index in [1.165, 1.54) is 0 Å². The molecule has 0 heterocycles. The predicted octanol–water partition coefficient (Wildman–Crippen LogP) is 1.25. The molecule has 0 aromatic heterocycles. The first-order valence-corrected chi connectivity index (χ1v) is 3.31. The Labute approximate surface area is 77.4 Å². The lowest BCUT2D eigenvalue weighted by Gasteiger charge is -2.00. The second-order valence-electron chi connectivity index (χ2n) is 2.20. The summed E-state index contributed by atoms with van der Waals surface area (Å²) in [5.74, 6) is -0.401. The van der Waals surface area contributed by atoms with Crippen molar-refractivity contribution in [2.24, 2.45) is 5.73 Å². The average molecular weight is 187 g/mol. The zero-order valence-corrected chi connectivity index (χ0v) is 7.52. The SMILES string of the molecule is CNc1cccc(C(N)=O)c1.Cl. The molecule has 0 aliphatic heterocycles. The second-order valence-corrected chi connectivity index (χ2v) is 2.20. The van der Waals surface area contributed by atoms with Crippen LogP contribution in [0, 0.1) is 0 Å². The summed E-state index contributed by atoms with van der Waals surface area (Å²) < 4.78 is 0. The molecule has 1 aromatic carbocycles. The van der Waals surface area contributed by atoms with Gasteiger partial charge in [-0.3, -0.25) is 4.79 Å². The highest BCUT2D eigenvalue weighted by molar-refractivity contribution is 5.93. The first-order chi connectivity index (χ1) is 5.24. The molecule has 0 saturated carbocycles. The minimum atomic E-state index is -0.401. The third kappa shape index (κ3) is 2.43. The molecular formula is C8H11ClN2O. The Hall–Kier alpha value is -1.22. The molecule has 0 atom stereocenters. The van der Waals surface area contributed by atoms with Crippen LogP contribution in [0.25, 0.3) is 0 Å². The Morgan fingerprint density at radius 2 is 2.17 bits per heavy atom. The fourth-order valence-electron chi connectivity index (χ4n) is 0.828. The molecule has 12 heavy (non-hydrogen) atoms. The molecule has 1 aromatic rings. The van der Waals surface area contributed by atoms with E-state index in [2.05, 4.69) is 5.32 Å². The fourth-order valence-corrected chi connectivity index (χ4v) is 0.828. The predicted molar refractivity (Wildman–Crippen MR) is 51.8 cm³/mol. The maximum atomic E-state index is 10.7. The largest absolute Gasteiger partial charge is 0.388 e. The number of anilines is 1. The van der Waals surface area contributed by atoms with Crippen molar-refractivity contribution in [3.05, 3.63) is 29.8 Å². The Kier molecular flexibility index (Phi) is 4.15. The maximum Gasteiger partial charge on any atom is 0.248 e. The van der Waals surface area contributed by atoms with E-state index in [0.29, 0.717) is 5.56 Å². The molecule has 0 spiro atoms. The minimum absolute atomic E-state index is 0. The van der Waals surface area contributed by atoms with Crippen LogP contribution in [0.5, 0.6) is 0 Å². The average Bonchev–Trinajstić information content (AvgIpc) is 2.05. The summed E-state index contributed by atoms with van der Waals surface area (Å²) in [5.41, 5.74) is 6.49. The van der Waals surface area contributed by atoms with Gasteiger partial charge in [0.25, 0.3) is 0 Å². The highest BCUT2D eigenvalue weighted by Crippen LogP contribution is 2.08. The summed E-state index contributed by atoms with van der Waals surface area (Å²) >= 11 is 0. The van der Waals surface area contributed by atoms with Gasteiger partial charge in [0.15, 0.2) is 0 Å². The van der Waals surface area contributed by atoms with Crippen LogP contribution in [0.2, 0.25) is 0 Å². The molecule has 1 rings (SSSR count). The quantitative estimate of drug-likeness (QED) is 0.731. The highest BCUT2D eigenvalue weighted by Gasteiger charge is 1.98. The van der Waals surface area contributed by atoms with Crippen LogP contribution in [0.1, 0.15) is 10.4 Å². The lowest BCUT2D eigenvalue weighted by atomic mass is 10.2. The number of nitrogens with one attached hydrogen (secondary N) is 1. The summed E-state index contributed by atoms with van der Waals surface area (Å²) in [6.45, 7) is 0. The topological polar surface area (TPSA) is 55.1 Å². The van der Waals surface area contributed by atoms with Gasteiger partial charge >= 0.3 is 0 Å². The fraction of sp³-hybridized carbons (Fsp3) is 0.125. The van der Waals surface area contributed by atoms with E-state index in [9.17, 15) is 4.79 Å². The van der Waals surface area contributed by atoms with E-state index in [1.807, 2.05) is 6.07 Å². The minimum Gasteiger partial charge on any atom is -0.388 e. The number of hydrogen-bond donors (Lipinski definition) is 2. The van der Waals surface area contributed by atoms with Crippen molar-refractivity contribution >= 4 is 24.0 Å². The van der Waals surface area contributed by atoms with Gasteiger partial charge < -0.3 is 11.1 Å². The Morgan fingerprint density at radius 3 is 2.67 bits per heavy atom. The summed E-state index contributed by atoms with van der Waals surface area (Å²) in [6, 6.07) is 7.05. The van der Waals surface area contributed by atoms with E-state index in [1.54, 1.807) is 25.2 Å². The number of amides is 1. The summed E-state index contributed by atoms with van der Waals surface area (Å²) in [5, 5.41) is 2.91. The molecule has 0 unspecified atom stereocenters. The third-order valence-electron chi connectivity index (χ3n) is 1.44. The van der Waals surface area contributed by atoms with Gasteiger partial charge in [0, 0.05) is 18.3 Å². The Bertz CT molecular complexity index is 276. The number of rotatable bonds is 2. The van der Waals surface area contributed by atoms with Gasteiger partial charge in [0.1, 0.15) is 0 Å². The normalized spacial score (nSPS) is 8.42. The molecule has 0 aliphatic carbocycles. The third-order valence-corrected chi connectivity index (χ3v) is 1.44. The summed E-state index contributed by atoms with van der Waals surface area (Å²) in [6.07, 6.45) is 0. The van der Waals surface area contributed by atoms with Crippen LogP contribution in [0.3, 0.4) is 0 Å². The Morgan fingerprint density at radius 1 is 1.50 bits per heavy atom. The number of carbonyl (C=O) groups is 1. The molecule has 0 radical (unpaired) electrons. The first-order valence-electron chi connectivity index (χ1n) is 3.31. The van der Waals surface area contributed by atoms with Crippen molar-refractivity contribution in [3.63, 3.8) is 0 Å². The molecule has 66 valence electrons. The molecule has 1 amide bonds. The standard InChI is InChI=1S/C8H10N2O.ClH/c1-10-7-4-2-3-6(5-7)8(9)11;/h2-5,10H,1H3,(H2,9,11);1H. The van der Waals surface area contributed by atoms with Crippen LogP contribution in [0.15, 0.2) is 24.3 Å². The molecule has 0 bridgehead atoms. The number of primary amides is 1. The molecule has 0 fully saturated rings. The second kappa shape index (κ2) is 4.62. The zero-order valence-electron chi connectivity index (χ0n) is 6.70. The van der Waals surface area contributed by atoms with Crippen molar-refractivity contribution in [1.29, 1.82) is 0 Å². The number of hydrogen-bond acceptors (Lipinski definition) is 2. The molecule has 0 saturated heterocycles. The van der Waals surface area contributed by atoms with Crippen molar-refractivity contribution < 1.29 is 4.79 Å². The smallest absolute Gasteiger partial charge is 0.248 e. The van der Waals surface area contributed by atoms with Crippen LogP contribution in [-0.4, -0.2) is 13.0 Å². The first kappa shape index (κ1) is 10.8. The van der Waals surface area contributed by atoms with Crippen molar-refractivity contribution in [1.82, 2.24) is 0 Å². The molecular weight excluding hydrogens is 176 g/mol. The summed E-state index contributed by atoms with van der Waals surface area (Å²) in [7, 11) is 1.79. The van der Waals surface area contributed by atoms with E-state index in [4.69, 9.17) is 5.73 Å². The van der Waals surface area contributed by atoms with Gasteiger partial charge in [-0.1, -0.05) is 6.07 Å². The van der Waals surface area contributed by atoms with Crippen LogP contribution in [0.4, 0.5) is 5.69 Å². The van der Waals surface area contributed by atoms with Gasteiger partial charge in [-0.25, -0.2) is 0 Å². The number of carbonyl (C=O) groups excluding carboxylic acids is 1. The Balaban J connectivity index is 0.00000121. The summed E-state index contributed by atoms with van der Waals surface area (Å²) in [4.78, 5) is 10.7. The zero-order chi connectivity index (χ0) is 8.27. The monoisotopic (exact) mass is 186 g/mol. The van der Waals surface area contributed by atoms with E-state index in [0.717, 1.165) is 5.69 Å². The lowest BCUT2D eigenvalue weighted by molar-refractivity contribution is 0.100. The van der Waals surface area contributed by atoms with Gasteiger partial charge in [-0.15, -0.1) is 12.4 Å². The van der Waals surface area contributed by atoms with Gasteiger partial charge in [0.2, 0.25) is 5.91 Å². The highest BCUT2D eigenvalue weighted by atomic mass is 35.5. The lowest BCUT2D eigenvalue weighted by Crippen LogP contribution is -2.10. The maximum absolute atomic E-state index is 10.7. The molecule has 0 aliphatic rings. The molecule has 3 nitrogen and oxygen atoms in total.